The highest BCUT2D eigenvalue weighted by Gasteiger charge is 2.07. The average molecular weight is 352 g/mol. The summed E-state index contributed by atoms with van der Waals surface area (Å²) < 4.78 is 5.90. The summed E-state index contributed by atoms with van der Waals surface area (Å²) in [6.07, 6.45) is 0. The molecule has 0 spiro atoms. The first kappa shape index (κ1) is 14.9. The number of esters is 1. The van der Waals surface area contributed by atoms with Gasteiger partial charge >= 0.3 is 5.97 Å². The fourth-order valence-electron chi connectivity index (χ4n) is 1.61. The van der Waals surface area contributed by atoms with E-state index in [4.69, 9.17) is 10.5 Å². The van der Waals surface area contributed by atoms with Gasteiger partial charge in [-0.3, -0.25) is 0 Å². The minimum absolute atomic E-state index is 0.299. The van der Waals surface area contributed by atoms with Crippen LogP contribution in [0, 0.1) is 0 Å². The molecule has 0 unspecified atom stereocenters. The number of hydrogen-bond donors (Lipinski definition) is 1. The molecule has 0 aromatic heterocycles. The Morgan fingerprint density at radius 1 is 1.25 bits per heavy atom. The maximum Gasteiger partial charge on any atom is 0.338 e. The van der Waals surface area contributed by atoms with E-state index in [1.165, 1.54) is 0 Å². The number of carbonyl (C=O) groups is 1. The molecule has 0 amide bonds. The van der Waals surface area contributed by atoms with Crippen molar-refractivity contribution in [1.82, 2.24) is 0 Å². The maximum atomic E-state index is 11.6. The fourth-order valence-corrected chi connectivity index (χ4v) is 2.83. The summed E-state index contributed by atoms with van der Waals surface area (Å²) >= 11 is 4.94. The van der Waals surface area contributed by atoms with Crippen LogP contribution in [0.25, 0.3) is 0 Å². The summed E-state index contributed by atoms with van der Waals surface area (Å²) in [7, 11) is 0. The molecule has 0 bridgehead atoms. The van der Waals surface area contributed by atoms with Crippen molar-refractivity contribution >= 4 is 39.3 Å². The summed E-state index contributed by atoms with van der Waals surface area (Å²) in [5, 5.41) is 0. The molecule has 20 heavy (non-hydrogen) atoms. The van der Waals surface area contributed by atoms with Crippen LogP contribution in [0.1, 0.15) is 17.3 Å². The number of ether oxygens (including phenoxy) is 1. The predicted molar refractivity (Wildman–Crippen MR) is 85.1 cm³/mol. The average Bonchev–Trinajstić information content (AvgIpc) is 2.43. The van der Waals surface area contributed by atoms with E-state index in [9.17, 15) is 4.79 Å². The Balaban J connectivity index is 2.12. The molecule has 0 atom stereocenters. The molecule has 2 N–H and O–H groups in total. The molecule has 2 aromatic carbocycles. The highest BCUT2D eigenvalue weighted by atomic mass is 79.9. The van der Waals surface area contributed by atoms with Crippen LogP contribution in [-0.4, -0.2) is 12.6 Å². The van der Waals surface area contributed by atoms with Crippen molar-refractivity contribution in [2.75, 3.05) is 12.3 Å². The van der Waals surface area contributed by atoms with E-state index in [0.29, 0.717) is 12.2 Å². The zero-order valence-corrected chi connectivity index (χ0v) is 13.3. The van der Waals surface area contributed by atoms with Crippen LogP contribution < -0.4 is 5.73 Å². The molecule has 0 aliphatic carbocycles. The van der Waals surface area contributed by atoms with Gasteiger partial charge in [0.25, 0.3) is 0 Å². The van der Waals surface area contributed by atoms with Crippen LogP contribution in [0.2, 0.25) is 0 Å². The number of nitrogens with two attached hydrogens (primary N) is 1. The van der Waals surface area contributed by atoms with Gasteiger partial charge in [0, 0.05) is 20.0 Å². The number of nitrogen functional groups attached to an aromatic ring is 1. The second kappa shape index (κ2) is 6.81. The van der Waals surface area contributed by atoms with Gasteiger partial charge in [0.1, 0.15) is 0 Å². The van der Waals surface area contributed by atoms with Crippen molar-refractivity contribution in [2.24, 2.45) is 0 Å². The topological polar surface area (TPSA) is 52.3 Å². The number of anilines is 1. The molecule has 0 heterocycles. The molecule has 0 aliphatic heterocycles. The van der Waals surface area contributed by atoms with E-state index in [1.54, 1.807) is 30.8 Å². The third-order valence-corrected chi connectivity index (χ3v) is 4.16. The quantitative estimate of drug-likeness (QED) is 0.656. The van der Waals surface area contributed by atoms with E-state index in [1.807, 2.05) is 30.3 Å². The van der Waals surface area contributed by atoms with Crippen molar-refractivity contribution in [3.63, 3.8) is 0 Å². The normalized spacial score (nSPS) is 10.3. The number of halogens is 1. The Labute approximate surface area is 130 Å². The second-order valence-corrected chi connectivity index (χ2v) is 6.06. The fraction of sp³-hybridized carbons (Fsp3) is 0.133. The molecule has 0 aliphatic rings. The third-order valence-electron chi connectivity index (χ3n) is 2.57. The third kappa shape index (κ3) is 3.77. The van der Waals surface area contributed by atoms with E-state index >= 15 is 0 Å². The van der Waals surface area contributed by atoms with Crippen molar-refractivity contribution in [1.29, 1.82) is 0 Å². The molecule has 0 saturated carbocycles. The number of benzene rings is 2. The van der Waals surface area contributed by atoms with Crippen LogP contribution in [0.3, 0.4) is 0 Å². The Hall–Kier alpha value is -1.46. The SMILES string of the molecule is CCOC(=O)c1ccc(Sc2ccc(Br)cc2N)cc1. The summed E-state index contributed by atoms with van der Waals surface area (Å²) in [5.41, 5.74) is 7.24. The van der Waals surface area contributed by atoms with Gasteiger partial charge < -0.3 is 10.5 Å². The van der Waals surface area contributed by atoms with Gasteiger partial charge in [-0.1, -0.05) is 27.7 Å². The van der Waals surface area contributed by atoms with Gasteiger partial charge in [0.2, 0.25) is 0 Å². The first-order chi connectivity index (χ1) is 9.60. The zero-order chi connectivity index (χ0) is 14.5. The lowest BCUT2D eigenvalue weighted by molar-refractivity contribution is 0.0526. The maximum absolute atomic E-state index is 11.6. The van der Waals surface area contributed by atoms with E-state index in [-0.39, 0.29) is 5.97 Å². The highest BCUT2D eigenvalue weighted by Crippen LogP contribution is 2.33. The van der Waals surface area contributed by atoms with Crippen LogP contribution in [0.5, 0.6) is 0 Å². The molecule has 3 nitrogen and oxygen atoms in total. The molecule has 104 valence electrons. The van der Waals surface area contributed by atoms with Gasteiger partial charge in [0.05, 0.1) is 12.2 Å². The summed E-state index contributed by atoms with van der Waals surface area (Å²) in [5.74, 6) is -0.299. The molecule has 5 heteroatoms. The van der Waals surface area contributed by atoms with Crippen LogP contribution >= 0.6 is 27.7 Å². The van der Waals surface area contributed by atoms with Crippen LogP contribution in [0.15, 0.2) is 56.7 Å². The molecular weight excluding hydrogens is 338 g/mol. The lowest BCUT2D eigenvalue weighted by Crippen LogP contribution is -2.03. The highest BCUT2D eigenvalue weighted by molar-refractivity contribution is 9.10. The Kier molecular flexibility index (Phi) is 5.09. The first-order valence-corrected chi connectivity index (χ1v) is 7.71. The van der Waals surface area contributed by atoms with Gasteiger partial charge in [-0.05, 0) is 49.4 Å². The largest absolute Gasteiger partial charge is 0.462 e. The molecule has 0 radical (unpaired) electrons. The van der Waals surface area contributed by atoms with E-state index < -0.39 is 0 Å². The monoisotopic (exact) mass is 351 g/mol. The van der Waals surface area contributed by atoms with Crippen molar-refractivity contribution in [2.45, 2.75) is 16.7 Å². The zero-order valence-electron chi connectivity index (χ0n) is 10.9. The first-order valence-electron chi connectivity index (χ1n) is 6.10. The Bertz CT molecular complexity index is 614. The van der Waals surface area contributed by atoms with Crippen LogP contribution in [-0.2, 0) is 4.74 Å². The number of carbonyl (C=O) groups excluding carboxylic acids is 1. The molecule has 2 rings (SSSR count). The predicted octanol–water partition coefficient (Wildman–Crippen LogP) is 4.36. The van der Waals surface area contributed by atoms with Gasteiger partial charge in [-0.25, -0.2) is 4.79 Å². The lowest BCUT2D eigenvalue weighted by Gasteiger charge is -2.07. The Morgan fingerprint density at radius 3 is 2.55 bits per heavy atom. The minimum atomic E-state index is -0.299. The standard InChI is InChI=1S/C15H14BrNO2S/c1-2-19-15(18)10-3-6-12(7-4-10)20-14-8-5-11(16)9-13(14)17/h3-9H,2,17H2,1H3. The number of hydrogen-bond acceptors (Lipinski definition) is 4. The van der Waals surface area contributed by atoms with Gasteiger partial charge in [-0.15, -0.1) is 0 Å². The van der Waals surface area contributed by atoms with Gasteiger partial charge in [0.15, 0.2) is 0 Å². The number of rotatable bonds is 4. The molecular formula is C15H14BrNO2S. The van der Waals surface area contributed by atoms with Crippen molar-refractivity contribution in [3.05, 3.63) is 52.5 Å². The van der Waals surface area contributed by atoms with Crippen molar-refractivity contribution in [3.8, 4) is 0 Å². The second-order valence-electron chi connectivity index (χ2n) is 4.03. The van der Waals surface area contributed by atoms with Gasteiger partial charge in [-0.2, -0.15) is 0 Å². The van der Waals surface area contributed by atoms with E-state index in [2.05, 4.69) is 15.9 Å². The summed E-state index contributed by atoms with van der Waals surface area (Å²) in [4.78, 5) is 13.6. The summed E-state index contributed by atoms with van der Waals surface area (Å²) in [6.45, 7) is 2.17. The van der Waals surface area contributed by atoms with E-state index in [0.717, 1.165) is 20.0 Å². The van der Waals surface area contributed by atoms with Crippen LogP contribution in [0.4, 0.5) is 5.69 Å². The minimum Gasteiger partial charge on any atom is -0.462 e. The van der Waals surface area contributed by atoms with Crippen molar-refractivity contribution < 1.29 is 9.53 Å². The molecule has 0 saturated heterocycles. The molecule has 2 aromatic rings. The smallest absolute Gasteiger partial charge is 0.338 e. The summed E-state index contributed by atoms with van der Waals surface area (Å²) in [6, 6.07) is 13.1. The lowest BCUT2D eigenvalue weighted by atomic mass is 10.2. The Morgan fingerprint density at radius 2 is 1.95 bits per heavy atom. The molecule has 0 fully saturated rings.